The summed E-state index contributed by atoms with van der Waals surface area (Å²) in [5.74, 6) is 1.38. The van der Waals surface area contributed by atoms with Crippen molar-refractivity contribution in [3.63, 3.8) is 0 Å². The van der Waals surface area contributed by atoms with Crippen LogP contribution in [0.5, 0.6) is 0 Å². The van der Waals surface area contributed by atoms with Crippen LogP contribution in [0.4, 0.5) is 0 Å². The van der Waals surface area contributed by atoms with Gasteiger partial charge < -0.3 is 0 Å². The third kappa shape index (κ3) is 2.44. The third-order valence-corrected chi connectivity index (χ3v) is 4.13. The lowest BCUT2D eigenvalue weighted by Crippen LogP contribution is -2.21. The van der Waals surface area contributed by atoms with Crippen molar-refractivity contribution >= 4 is 16.7 Å². The number of nitrogens with zero attached hydrogens (tertiary/aromatic N) is 1. The Hall–Kier alpha value is -0.180. The minimum absolute atomic E-state index is 0.199. The summed E-state index contributed by atoms with van der Waals surface area (Å²) in [5, 5.41) is 0. The van der Waals surface area contributed by atoms with Crippen LogP contribution in [0.1, 0.15) is 46.5 Å². The molecule has 0 N–H and O–H groups in total. The maximum Gasteiger partial charge on any atom is 0.144 e. The van der Waals surface area contributed by atoms with Crippen molar-refractivity contribution in [2.75, 3.05) is 0 Å². The van der Waals surface area contributed by atoms with Crippen LogP contribution in [0.3, 0.4) is 0 Å². The third-order valence-electron chi connectivity index (χ3n) is 2.70. The first-order valence-corrected chi connectivity index (χ1v) is 6.59. The molecule has 2 aliphatic rings. The molecule has 2 aliphatic carbocycles. The van der Waals surface area contributed by atoms with Gasteiger partial charge in [-0.25, -0.2) is 4.21 Å². The first-order valence-electron chi connectivity index (χ1n) is 5.49. The van der Waals surface area contributed by atoms with Gasteiger partial charge in [0.1, 0.15) is 11.0 Å². The highest BCUT2D eigenvalue weighted by Crippen LogP contribution is 2.42. The van der Waals surface area contributed by atoms with Gasteiger partial charge in [0.05, 0.1) is 4.75 Å². The zero-order valence-corrected chi connectivity index (χ0v) is 10.1. The first kappa shape index (κ1) is 10.3. The van der Waals surface area contributed by atoms with E-state index in [1.165, 1.54) is 31.4 Å². The molecule has 0 bridgehead atoms. The Morgan fingerprint density at radius 3 is 1.86 bits per heavy atom. The Morgan fingerprint density at radius 1 is 1.14 bits per heavy atom. The van der Waals surface area contributed by atoms with E-state index in [1.807, 2.05) is 20.8 Å². The molecule has 0 aromatic rings. The van der Waals surface area contributed by atoms with Crippen molar-refractivity contribution in [2.45, 2.75) is 51.2 Å². The SMILES string of the molecule is CC(C)(C)[S@](=O)N=C(C1CC1)C1CC1. The maximum absolute atomic E-state index is 11.9. The summed E-state index contributed by atoms with van der Waals surface area (Å²) in [6, 6.07) is 0. The van der Waals surface area contributed by atoms with Crippen LogP contribution in [0, 0.1) is 11.8 Å². The molecule has 2 saturated carbocycles. The van der Waals surface area contributed by atoms with Crippen LogP contribution in [0.15, 0.2) is 4.40 Å². The fourth-order valence-electron chi connectivity index (χ4n) is 1.47. The molecule has 0 aromatic carbocycles. The van der Waals surface area contributed by atoms with Crippen molar-refractivity contribution in [3.8, 4) is 0 Å². The van der Waals surface area contributed by atoms with E-state index in [2.05, 4.69) is 4.40 Å². The Balaban J connectivity index is 2.09. The summed E-state index contributed by atoms with van der Waals surface area (Å²) < 4.78 is 16.1. The first-order chi connectivity index (χ1) is 6.48. The van der Waals surface area contributed by atoms with Crippen LogP contribution in [-0.4, -0.2) is 14.7 Å². The monoisotopic (exact) mass is 213 g/mol. The van der Waals surface area contributed by atoms with E-state index in [9.17, 15) is 4.21 Å². The molecule has 2 fully saturated rings. The van der Waals surface area contributed by atoms with Crippen molar-refractivity contribution in [1.82, 2.24) is 0 Å². The zero-order valence-electron chi connectivity index (χ0n) is 9.25. The lowest BCUT2D eigenvalue weighted by molar-refractivity contribution is 0.650. The van der Waals surface area contributed by atoms with E-state index < -0.39 is 11.0 Å². The van der Waals surface area contributed by atoms with Crippen LogP contribution >= 0.6 is 0 Å². The van der Waals surface area contributed by atoms with Gasteiger partial charge >= 0.3 is 0 Å². The molecule has 2 nitrogen and oxygen atoms in total. The van der Waals surface area contributed by atoms with E-state index in [0.717, 1.165) is 0 Å². The average Bonchev–Trinajstić information content (AvgIpc) is 2.90. The number of hydrogen-bond acceptors (Lipinski definition) is 1. The van der Waals surface area contributed by atoms with Crippen LogP contribution < -0.4 is 0 Å². The van der Waals surface area contributed by atoms with E-state index in [1.54, 1.807) is 0 Å². The Labute approximate surface area is 88.8 Å². The minimum Gasteiger partial charge on any atom is -0.234 e. The second-order valence-corrected chi connectivity index (χ2v) is 7.33. The van der Waals surface area contributed by atoms with Gasteiger partial charge in [-0.2, -0.15) is 4.40 Å². The van der Waals surface area contributed by atoms with Crippen molar-refractivity contribution in [2.24, 2.45) is 16.2 Å². The van der Waals surface area contributed by atoms with Gasteiger partial charge in [0.25, 0.3) is 0 Å². The molecule has 0 saturated heterocycles. The summed E-state index contributed by atoms with van der Waals surface area (Å²) in [6.45, 7) is 5.97. The van der Waals surface area contributed by atoms with Crippen LogP contribution in [-0.2, 0) is 11.0 Å². The molecular formula is C11H19NOS. The fraction of sp³-hybridized carbons (Fsp3) is 0.909. The molecule has 0 unspecified atom stereocenters. The molecule has 80 valence electrons. The molecule has 0 aliphatic heterocycles. The van der Waals surface area contributed by atoms with E-state index >= 15 is 0 Å². The molecule has 0 amide bonds. The Kier molecular flexibility index (Phi) is 2.54. The number of hydrogen-bond donors (Lipinski definition) is 0. The highest BCUT2D eigenvalue weighted by atomic mass is 32.2. The molecule has 0 radical (unpaired) electrons. The van der Waals surface area contributed by atoms with Crippen molar-refractivity contribution in [1.29, 1.82) is 0 Å². The average molecular weight is 213 g/mol. The Bertz CT molecular complexity index is 268. The molecule has 3 heteroatoms. The maximum atomic E-state index is 11.9. The molecular weight excluding hydrogens is 194 g/mol. The van der Waals surface area contributed by atoms with E-state index in [-0.39, 0.29) is 4.75 Å². The zero-order chi connectivity index (χ0) is 10.3. The molecule has 2 rings (SSSR count). The predicted molar refractivity (Wildman–Crippen MR) is 60.8 cm³/mol. The van der Waals surface area contributed by atoms with Gasteiger partial charge in [-0.3, -0.25) is 0 Å². The molecule has 0 aromatic heterocycles. The standard InChI is InChI=1S/C11H19NOS/c1-11(2,3)14(13)12-10(8-4-5-8)9-6-7-9/h8-9H,4-7H2,1-3H3/t14-/m0/s1. The summed E-state index contributed by atoms with van der Waals surface area (Å²) >= 11 is 0. The second-order valence-electron chi connectivity index (χ2n) is 5.43. The number of rotatable bonds is 3. The van der Waals surface area contributed by atoms with Gasteiger partial charge in [0, 0.05) is 5.71 Å². The smallest absolute Gasteiger partial charge is 0.144 e. The van der Waals surface area contributed by atoms with Crippen LogP contribution in [0.25, 0.3) is 0 Å². The minimum atomic E-state index is -1.04. The quantitative estimate of drug-likeness (QED) is 0.663. The molecule has 14 heavy (non-hydrogen) atoms. The molecule has 0 heterocycles. The molecule has 1 atom stereocenters. The summed E-state index contributed by atoms with van der Waals surface area (Å²) in [7, 11) is -1.04. The largest absolute Gasteiger partial charge is 0.234 e. The van der Waals surface area contributed by atoms with Gasteiger partial charge in [-0.1, -0.05) is 0 Å². The summed E-state index contributed by atoms with van der Waals surface area (Å²) in [6.07, 6.45) is 5.10. The fourth-order valence-corrected chi connectivity index (χ4v) is 2.24. The topological polar surface area (TPSA) is 29.4 Å². The van der Waals surface area contributed by atoms with Gasteiger partial charge in [-0.15, -0.1) is 0 Å². The van der Waals surface area contributed by atoms with Gasteiger partial charge in [-0.05, 0) is 58.3 Å². The Morgan fingerprint density at radius 2 is 1.57 bits per heavy atom. The van der Waals surface area contributed by atoms with E-state index in [4.69, 9.17) is 0 Å². The van der Waals surface area contributed by atoms with Crippen molar-refractivity contribution in [3.05, 3.63) is 0 Å². The summed E-state index contributed by atoms with van der Waals surface area (Å²) in [5.41, 5.74) is 1.28. The normalized spacial score (nSPS) is 24.5. The lowest BCUT2D eigenvalue weighted by atomic mass is 10.2. The van der Waals surface area contributed by atoms with Crippen LogP contribution in [0.2, 0.25) is 0 Å². The summed E-state index contributed by atoms with van der Waals surface area (Å²) in [4.78, 5) is 0. The highest BCUT2D eigenvalue weighted by Gasteiger charge is 2.39. The van der Waals surface area contributed by atoms with E-state index in [0.29, 0.717) is 11.8 Å². The van der Waals surface area contributed by atoms with Gasteiger partial charge in [0.2, 0.25) is 0 Å². The van der Waals surface area contributed by atoms with Crippen molar-refractivity contribution < 1.29 is 4.21 Å². The highest BCUT2D eigenvalue weighted by molar-refractivity contribution is 7.85. The predicted octanol–water partition coefficient (Wildman–Crippen LogP) is 2.71. The lowest BCUT2D eigenvalue weighted by Gasteiger charge is -2.14. The second kappa shape index (κ2) is 3.44. The van der Waals surface area contributed by atoms with Gasteiger partial charge in [0.15, 0.2) is 0 Å². The molecule has 0 spiro atoms.